The minimum absolute atomic E-state index is 0.0631. The lowest BCUT2D eigenvalue weighted by Gasteiger charge is -2.22. The zero-order chi connectivity index (χ0) is 17.5. The topological polar surface area (TPSA) is 52.7 Å². The maximum absolute atomic E-state index is 12.7. The van der Waals surface area contributed by atoms with E-state index >= 15 is 0 Å². The number of aryl methyl sites for hydroxylation is 1. The van der Waals surface area contributed by atoms with E-state index in [0.29, 0.717) is 26.2 Å². The van der Waals surface area contributed by atoms with Crippen molar-refractivity contribution >= 4 is 34.4 Å². The molecule has 0 radical (unpaired) electrons. The van der Waals surface area contributed by atoms with Gasteiger partial charge in [0.2, 0.25) is 5.91 Å². The fourth-order valence-corrected chi connectivity index (χ4v) is 3.04. The number of benzene rings is 1. The fraction of sp³-hybridized carbons (Fsp3) is 0.444. The van der Waals surface area contributed by atoms with Crippen molar-refractivity contribution in [3.05, 3.63) is 32.9 Å². The Morgan fingerprint density at radius 3 is 2.79 bits per heavy atom. The van der Waals surface area contributed by atoms with Crippen LogP contribution < -0.4 is 5.32 Å². The highest BCUT2D eigenvalue weighted by molar-refractivity contribution is 14.1. The van der Waals surface area contributed by atoms with E-state index in [0.717, 1.165) is 27.7 Å². The van der Waals surface area contributed by atoms with Crippen LogP contribution in [0.1, 0.15) is 22.3 Å². The molecule has 0 bridgehead atoms. The second-order valence-electron chi connectivity index (χ2n) is 5.87. The Morgan fingerprint density at radius 1 is 1.29 bits per heavy atom. The highest BCUT2D eigenvalue weighted by Gasteiger charge is 2.21. The number of rotatable bonds is 4. The summed E-state index contributed by atoms with van der Waals surface area (Å²) in [4.78, 5) is 28.4. The van der Waals surface area contributed by atoms with Gasteiger partial charge in [0, 0.05) is 35.3 Å². The van der Waals surface area contributed by atoms with Crippen LogP contribution in [0.3, 0.4) is 0 Å². The Bertz CT molecular complexity index is 654. The van der Waals surface area contributed by atoms with Crippen molar-refractivity contribution in [1.82, 2.24) is 15.1 Å². The Morgan fingerprint density at radius 2 is 2.08 bits per heavy atom. The van der Waals surface area contributed by atoms with E-state index < -0.39 is 0 Å². The molecule has 128 valence electrons. The smallest absolute Gasteiger partial charge is 0.253 e. The van der Waals surface area contributed by atoms with Crippen molar-refractivity contribution in [2.24, 2.45) is 0 Å². The third kappa shape index (κ3) is 5.21. The molecule has 0 aromatic heterocycles. The molecule has 6 heteroatoms. The molecule has 0 spiro atoms. The maximum atomic E-state index is 12.7. The predicted molar refractivity (Wildman–Crippen MR) is 103 cm³/mol. The first kappa shape index (κ1) is 18.7. The summed E-state index contributed by atoms with van der Waals surface area (Å²) in [6, 6.07) is 5.80. The largest absolute Gasteiger partial charge is 0.344 e. The molecular formula is C18H22IN3O2. The third-order valence-electron chi connectivity index (χ3n) is 4.04. The van der Waals surface area contributed by atoms with Crippen LogP contribution in [0.2, 0.25) is 0 Å². The zero-order valence-electron chi connectivity index (χ0n) is 13.8. The molecular weight excluding hydrogens is 417 g/mol. The summed E-state index contributed by atoms with van der Waals surface area (Å²) in [6.07, 6.45) is 6.00. The lowest BCUT2D eigenvalue weighted by molar-refractivity contribution is -0.121. The minimum Gasteiger partial charge on any atom is -0.344 e. The van der Waals surface area contributed by atoms with Gasteiger partial charge in [-0.25, -0.2) is 0 Å². The summed E-state index contributed by atoms with van der Waals surface area (Å²) in [5.41, 5.74) is 1.84. The Hall–Kier alpha value is -1.59. The summed E-state index contributed by atoms with van der Waals surface area (Å²) < 4.78 is 1.16. The van der Waals surface area contributed by atoms with Crippen LogP contribution in [0.4, 0.5) is 0 Å². The van der Waals surface area contributed by atoms with Crippen LogP contribution in [-0.2, 0) is 4.79 Å². The first-order chi connectivity index (χ1) is 11.5. The average molecular weight is 439 g/mol. The normalized spacial score (nSPS) is 15.5. The lowest BCUT2D eigenvalue weighted by Crippen LogP contribution is -2.40. The van der Waals surface area contributed by atoms with E-state index in [1.807, 2.05) is 30.0 Å². The van der Waals surface area contributed by atoms with E-state index in [9.17, 15) is 9.59 Å². The van der Waals surface area contributed by atoms with Gasteiger partial charge < -0.3 is 10.2 Å². The second-order valence-corrected chi connectivity index (χ2v) is 7.03. The Kier molecular flexibility index (Phi) is 7.06. The zero-order valence-corrected chi connectivity index (χ0v) is 16.0. The van der Waals surface area contributed by atoms with Crippen molar-refractivity contribution < 1.29 is 9.59 Å². The van der Waals surface area contributed by atoms with E-state index in [-0.39, 0.29) is 18.4 Å². The van der Waals surface area contributed by atoms with E-state index in [1.54, 1.807) is 0 Å². The van der Waals surface area contributed by atoms with Crippen LogP contribution >= 0.6 is 22.6 Å². The molecule has 1 N–H and O–H groups in total. The van der Waals surface area contributed by atoms with Crippen molar-refractivity contribution in [2.75, 3.05) is 39.3 Å². The van der Waals surface area contributed by atoms with Crippen LogP contribution in [0.25, 0.3) is 0 Å². The van der Waals surface area contributed by atoms with Gasteiger partial charge in [0.05, 0.1) is 13.1 Å². The molecule has 1 aromatic rings. The standard InChI is InChI=1S/C18H22IN3O2/c1-3-7-20-17(23)13-21-8-4-9-22(11-10-21)18(24)15-5-6-16(19)14(2)12-15/h1,5-6,12H,4,7-11,13H2,2H3,(H,20,23). The molecule has 2 amide bonds. The van der Waals surface area contributed by atoms with Gasteiger partial charge in [0.25, 0.3) is 5.91 Å². The van der Waals surface area contributed by atoms with Gasteiger partial charge in [-0.3, -0.25) is 14.5 Å². The Labute approximate surface area is 156 Å². The van der Waals surface area contributed by atoms with Crippen molar-refractivity contribution in [2.45, 2.75) is 13.3 Å². The van der Waals surface area contributed by atoms with Gasteiger partial charge in [-0.1, -0.05) is 5.92 Å². The molecule has 1 saturated heterocycles. The van der Waals surface area contributed by atoms with Gasteiger partial charge in [-0.15, -0.1) is 6.42 Å². The van der Waals surface area contributed by atoms with Gasteiger partial charge >= 0.3 is 0 Å². The summed E-state index contributed by atoms with van der Waals surface area (Å²) in [5.74, 6) is 2.39. The molecule has 0 atom stereocenters. The summed E-state index contributed by atoms with van der Waals surface area (Å²) in [6.45, 7) is 5.43. The van der Waals surface area contributed by atoms with Gasteiger partial charge in [0.1, 0.15) is 0 Å². The summed E-state index contributed by atoms with van der Waals surface area (Å²) in [5, 5.41) is 2.67. The van der Waals surface area contributed by atoms with Gasteiger partial charge in [-0.2, -0.15) is 0 Å². The Balaban J connectivity index is 1.92. The number of hydrogen-bond acceptors (Lipinski definition) is 3. The quantitative estimate of drug-likeness (QED) is 0.572. The molecule has 1 fully saturated rings. The number of terminal acetylenes is 1. The molecule has 1 heterocycles. The molecule has 0 saturated carbocycles. The number of amides is 2. The van der Waals surface area contributed by atoms with Crippen LogP contribution in [-0.4, -0.2) is 60.9 Å². The summed E-state index contributed by atoms with van der Waals surface area (Å²) in [7, 11) is 0. The molecule has 1 aromatic carbocycles. The lowest BCUT2D eigenvalue weighted by atomic mass is 10.1. The second kappa shape index (κ2) is 9.04. The summed E-state index contributed by atoms with van der Waals surface area (Å²) >= 11 is 2.27. The first-order valence-electron chi connectivity index (χ1n) is 7.99. The van der Waals surface area contributed by atoms with Gasteiger partial charge in [-0.05, 0) is 59.7 Å². The number of carbonyl (C=O) groups excluding carboxylic acids is 2. The van der Waals surface area contributed by atoms with Crippen molar-refractivity contribution in [3.8, 4) is 12.3 Å². The molecule has 5 nitrogen and oxygen atoms in total. The highest BCUT2D eigenvalue weighted by Crippen LogP contribution is 2.16. The molecule has 0 unspecified atom stereocenters. The maximum Gasteiger partial charge on any atom is 0.253 e. The van der Waals surface area contributed by atoms with Crippen molar-refractivity contribution in [3.63, 3.8) is 0 Å². The highest BCUT2D eigenvalue weighted by atomic mass is 127. The number of halogens is 1. The van der Waals surface area contributed by atoms with Crippen LogP contribution in [0, 0.1) is 22.8 Å². The number of nitrogens with one attached hydrogen (secondary N) is 1. The van der Waals surface area contributed by atoms with Crippen molar-refractivity contribution in [1.29, 1.82) is 0 Å². The van der Waals surface area contributed by atoms with E-state index in [2.05, 4.69) is 38.7 Å². The van der Waals surface area contributed by atoms with Crippen LogP contribution in [0.5, 0.6) is 0 Å². The first-order valence-corrected chi connectivity index (χ1v) is 9.07. The molecule has 24 heavy (non-hydrogen) atoms. The van der Waals surface area contributed by atoms with Crippen LogP contribution in [0.15, 0.2) is 18.2 Å². The minimum atomic E-state index is -0.0685. The molecule has 1 aliphatic heterocycles. The third-order valence-corrected chi connectivity index (χ3v) is 5.25. The predicted octanol–water partition coefficient (Wildman–Crippen LogP) is 1.50. The van der Waals surface area contributed by atoms with E-state index in [4.69, 9.17) is 6.42 Å². The molecule has 2 rings (SSSR count). The number of carbonyl (C=O) groups is 2. The monoisotopic (exact) mass is 439 g/mol. The fourth-order valence-electron chi connectivity index (χ4n) is 2.70. The molecule has 0 aliphatic carbocycles. The number of hydrogen-bond donors (Lipinski definition) is 1. The SMILES string of the molecule is C#CCNC(=O)CN1CCCN(C(=O)c2ccc(I)c(C)c2)CC1. The van der Waals surface area contributed by atoms with Gasteiger partial charge in [0.15, 0.2) is 0 Å². The van der Waals surface area contributed by atoms with E-state index in [1.165, 1.54) is 0 Å². The average Bonchev–Trinajstić information content (AvgIpc) is 2.80. The number of nitrogens with zero attached hydrogens (tertiary/aromatic N) is 2. The molecule has 1 aliphatic rings.